The van der Waals surface area contributed by atoms with Gasteiger partial charge in [-0.2, -0.15) is 0 Å². The van der Waals surface area contributed by atoms with Gasteiger partial charge in [0.2, 0.25) is 0 Å². The predicted molar refractivity (Wildman–Crippen MR) is 86.0 cm³/mol. The molecule has 2 heterocycles. The maximum atomic E-state index is 13.8. The van der Waals surface area contributed by atoms with E-state index in [1.165, 1.54) is 12.8 Å². The summed E-state index contributed by atoms with van der Waals surface area (Å²) in [5.41, 5.74) is -0.254. The molecular weight excluding hydrogens is 317 g/mol. The monoisotopic (exact) mass is 342 g/mol. The Morgan fingerprint density at radius 1 is 0.958 bits per heavy atom. The molecule has 6 heteroatoms. The summed E-state index contributed by atoms with van der Waals surface area (Å²) in [6, 6.07) is 1.87. The molecule has 0 saturated carbocycles. The van der Waals surface area contributed by atoms with Gasteiger partial charge in [0.1, 0.15) is 5.82 Å². The van der Waals surface area contributed by atoms with Crippen LogP contribution in [0.4, 0.5) is 13.2 Å². The number of β-amino-alcohol motifs (C(OH)–C–C–N with tert-alkyl or cyclic N) is 1. The number of benzene rings is 1. The van der Waals surface area contributed by atoms with Gasteiger partial charge in [-0.1, -0.05) is 12.8 Å². The number of likely N-dealkylation sites (tertiary alicyclic amines) is 2. The number of hydrogen-bond donors (Lipinski definition) is 1. The number of nitrogens with zero attached hydrogens (tertiary/aromatic N) is 2. The first-order chi connectivity index (χ1) is 11.6. The zero-order chi connectivity index (χ0) is 17.1. The second kappa shape index (κ2) is 7.85. The van der Waals surface area contributed by atoms with Crippen molar-refractivity contribution in [3.63, 3.8) is 0 Å². The van der Waals surface area contributed by atoms with Crippen molar-refractivity contribution >= 4 is 0 Å². The fourth-order valence-electron chi connectivity index (χ4n) is 3.92. The van der Waals surface area contributed by atoms with E-state index in [-0.39, 0.29) is 18.2 Å². The summed E-state index contributed by atoms with van der Waals surface area (Å²) in [5.74, 6) is -2.90. The van der Waals surface area contributed by atoms with Gasteiger partial charge in [0.25, 0.3) is 0 Å². The Bertz CT molecular complexity index is 561. The van der Waals surface area contributed by atoms with Crippen molar-refractivity contribution in [2.24, 2.45) is 0 Å². The lowest BCUT2D eigenvalue weighted by molar-refractivity contribution is -0.0149. The van der Waals surface area contributed by atoms with Gasteiger partial charge in [-0.05, 0) is 44.5 Å². The summed E-state index contributed by atoms with van der Waals surface area (Å²) >= 11 is 0. The van der Waals surface area contributed by atoms with Crippen molar-refractivity contribution in [1.29, 1.82) is 0 Å². The fraction of sp³-hybridized carbons (Fsp3) is 0.667. The molecule has 0 spiro atoms. The number of aliphatic hydroxyl groups excluding tert-OH is 1. The molecule has 0 radical (unpaired) electrons. The average molecular weight is 342 g/mol. The molecule has 3 nitrogen and oxygen atoms in total. The Morgan fingerprint density at radius 2 is 1.62 bits per heavy atom. The lowest BCUT2D eigenvalue weighted by Crippen LogP contribution is -2.54. The first-order valence-corrected chi connectivity index (χ1v) is 8.83. The minimum Gasteiger partial charge on any atom is -0.390 e. The molecule has 0 unspecified atom stereocenters. The highest BCUT2D eigenvalue weighted by molar-refractivity contribution is 5.21. The maximum absolute atomic E-state index is 13.8. The van der Waals surface area contributed by atoms with Crippen LogP contribution in [0.1, 0.15) is 37.7 Å². The van der Waals surface area contributed by atoms with Crippen molar-refractivity contribution in [1.82, 2.24) is 9.80 Å². The number of aliphatic hydroxyl groups is 1. The van der Waals surface area contributed by atoms with E-state index in [1.54, 1.807) is 4.90 Å². The van der Waals surface area contributed by atoms with Crippen LogP contribution in [0.2, 0.25) is 0 Å². The fourth-order valence-corrected chi connectivity index (χ4v) is 3.92. The van der Waals surface area contributed by atoms with Crippen molar-refractivity contribution in [2.45, 2.75) is 50.8 Å². The van der Waals surface area contributed by atoms with Gasteiger partial charge in [-0.3, -0.25) is 9.80 Å². The highest BCUT2D eigenvalue weighted by atomic mass is 19.2. The molecule has 1 aromatic carbocycles. The summed E-state index contributed by atoms with van der Waals surface area (Å²) in [6.45, 7) is 3.01. The van der Waals surface area contributed by atoms with Crippen LogP contribution in [0, 0.1) is 17.5 Å². The minimum atomic E-state index is -1.13. The van der Waals surface area contributed by atoms with Crippen LogP contribution in [0.3, 0.4) is 0 Å². The third-order valence-electron chi connectivity index (χ3n) is 5.26. The molecule has 1 aromatic rings. The Balaban J connectivity index is 1.62. The van der Waals surface area contributed by atoms with Gasteiger partial charge in [0, 0.05) is 31.2 Å². The molecule has 2 saturated heterocycles. The van der Waals surface area contributed by atoms with Gasteiger partial charge in [0.05, 0.1) is 6.10 Å². The third-order valence-corrected chi connectivity index (χ3v) is 5.26. The molecular formula is C18H25F3N2O. The number of halogens is 3. The molecule has 24 heavy (non-hydrogen) atoms. The SMILES string of the molecule is O[C@@H]1CN(Cc2c(F)ccc(F)c2F)CC[C@H]1N1CCCCCC1. The number of piperidine rings is 1. The van der Waals surface area contributed by atoms with Crippen molar-refractivity contribution < 1.29 is 18.3 Å². The molecule has 0 amide bonds. The van der Waals surface area contributed by atoms with Crippen molar-refractivity contribution in [3.05, 3.63) is 35.1 Å². The van der Waals surface area contributed by atoms with Crippen molar-refractivity contribution in [2.75, 3.05) is 26.2 Å². The third kappa shape index (κ3) is 3.92. The topological polar surface area (TPSA) is 26.7 Å². The molecule has 0 aromatic heterocycles. The van der Waals surface area contributed by atoms with E-state index >= 15 is 0 Å². The van der Waals surface area contributed by atoms with Crippen LogP contribution in [0.15, 0.2) is 12.1 Å². The second-order valence-corrected chi connectivity index (χ2v) is 6.93. The number of hydrogen-bond acceptors (Lipinski definition) is 3. The van der Waals surface area contributed by atoms with Crippen molar-refractivity contribution in [3.8, 4) is 0 Å². The molecule has 0 aliphatic carbocycles. The summed E-state index contributed by atoms with van der Waals surface area (Å²) in [6.07, 6.45) is 5.02. The molecule has 2 aliphatic heterocycles. The van der Waals surface area contributed by atoms with E-state index in [0.717, 1.165) is 44.5 Å². The second-order valence-electron chi connectivity index (χ2n) is 6.93. The average Bonchev–Trinajstić information content (AvgIpc) is 2.84. The number of rotatable bonds is 3. The first kappa shape index (κ1) is 17.7. The summed E-state index contributed by atoms with van der Waals surface area (Å²) in [5, 5.41) is 10.5. The predicted octanol–water partition coefficient (Wildman–Crippen LogP) is 2.92. The maximum Gasteiger partial charge on any atom is 0.166 e. The van der Waals surface area contributed by atoms with E-state index in [4.69, 9.17) is 0 Å². The van der Waals surface area contributed by atoms with Crippen LogP contribution in [0.5, 0.6) is 0 Å². The van der Waals surface area contributed by atoms with Crippen LogP contribution < -0.4 is 0 Å². The van der Waals surface area contributed by atoms with Crippen LogP contribution in [0.25, 0.3) is 0 Å². The molecule has 3 rings (SSSR count). The summed E-state index contributed by atoms with van der Waals surface area (Å²) in [7, 11) is 0. The van der Waals surface area contributed by atoms with E-state index in [0.29, 0.717) is 13.1 Å². The zero-order valence-electron chi connectivity index (χ0n) is 13.9. The lowest BCUT2D eigenvalue weighted by Gasteiger charge is -2.41. The van der Waals surface area contributed by atoms with Gasteiger partial charge in [0.15, 0.2) is 11.6 Å². The van der Waals surface area contributed by atoms with Gasteiger partial charge < -0.3 is 5.11 Å². The first-order valence-electron chi connectivity index (χ1n) is 8.83. The highest BCUT2D eigenvalue weighted by Crippen LogP contribution is 2.24. The lowest BCUT2D eigenvalue weighted by atomic mass is 9.99. The van der Waals surface area contributed by atoms with Gasteiger partial charge >= 0.3 is 0 Å². The summed E-state index contributed by atoms with van der Waals surface area (Å²) < 4.78 is 40.9. The smallest absolute Gasteiger partial charge is 0.166 e. The largest absolute Gasteiger partial charge is 0.390 e. The van der Waals surface area contributed by atoms with E-state index in [1.807, 2.05) is 0 Å². The molecule has 2 atom stereocenters. The van der Waals surface area contributed by atoms with Crippen LogP contribution in [-0.2, 0) is 6.54 Å². The minimum absolute atomic E-state index is 0.0147. The molecule has 2 aliphatic rings. The zero-order valence-corrected chi connectivity index (χ0v) is 13.9. The Kier molecular flexibility index (Phi) is 5.79. The highest BCUT2D eigenvalue weighted by Gasteiger charge is 2.32. The van der Waals surface area contributed by atoms with E-state index in [2.05, 4.69) is 4.90 Å². The standard InChI is InChI=1S/C18H25F3N2O/c19-14-5-6-15(20)18(21)13(14)11-22-10-7-16(17(24)12-22)23-8-3-1-2-4-9-23/h5-6,16-17,24H,1-4,7-12H2/t16-,17-/m1/s1. The normalized spacial score (nSPS) is 27.2. The Morgan fingerprint density at radius 3 is 2.29 bits per heavy atom. The van der Waals surface area contributed by atoms with E-state index < -0.39 is 23.6 Å². The molecule has 2 fully saturated rings. The Hall–Kier alpha value is -1.11. The molecule has 1 N–H and O–H groups in total. The summed E-state index contributed by atoms with van der Waals surface area (Å²) in [4.78, 5) is 4.16. The molecule has 134 valence electrons. The van der Waals surface area contributed by atoms with Crippen LogP contribution >= 0.6 is 0 Å². The quantitative estimate of drug-likeness (QED) is 0.856. The van der Waals surface area contributed by atoms with Gasteiger partial charge in [-0.15, -0.1) is 0 Å². The molecule has 0 bridgehead atoms. The van der Waals surface area contributed by atoms with Gasteiger partial charge in [-0.25, -0.2) is 13.2 Å². The van der Waals surface area contributed by atoms with Crippen LogP contribution in [-0.4, -0.2) is 53.2 Å². The van der Waals surface area contributed by atoms with E-state index in [9.17, 15) is 18.3 Å². The Labute approximate surface area is 141 Å².